The van der Waals surface area contributed by atoms with Crippen LogP contribution in [-0.4, -0.2) is 25.8 Å². The molecule has 0 saturated heterocycles. The lowest BCUT2D eigenvalue weighted by Gasteiger charge is -2.08. The van der Waals surface area contributed by atoms with Crippen LogP contribution < -0.4 is 10.9 Å². The standard InChI is InChI=1S/C21H17ClN4O3/c22-15-8-4-7-14(9-15)10-23-20(28)17-18(27)16-11-24-26(19(16)25-21(17)29)12-13-5-2-1-3-6-13/h1-9,11H,10,12H2,(H,23,28)(H2,25,27,29). The predicted octanol–water partition coefficient (Wildman–Crippen LogP) is 3.06. The van der Waals surface area contributed by atoms with Crippen LogP contribution in [0.3, 0.4) is 0 Å². The van der Waals surface area contributed by atoms with Gasteiger partial charge in [0.1, 0.15) is 17.0 Å². The first-order valence-electron chi connectivity index (χ1n) is 8.90. The first-order valence-corrected chi connectivity index (χ1v) is 9.28. The van der Waals surface area contributed by atoms with Crippen molar-refractivity contribution in [3.8, 4) is 5.75 Å². The summed E-state index contributed by atoms with van der Waals surface area (Å²) in [6, 6.07) is 16.6. The summed E-state index contributed by atoms with van der Waals surface area (Å²) in [6.45, 7) is 0.587. The van der Waals surface area contributed by atoms with E-state index in [-0.39, 0.29) is 12.1 Å². The molecule has 7 nitrogen and oxygen atoms in total. The number of carbonyl (C=O) groups excluding carboxylic acids is 1. The molecule has 0 bridgehead atoms. The van der Waals surface area contributed by atoms with Crippen molar-refractivity contribution in [1.29, 1.82) is 0 Å². The fourth-order valence-electron chi connectivity index (χ4n) is 3.11. The molecule has 2 aromatic heterocycles. The Labute approximate surface area is 170 Å². The Kier molecular flexibility index (Phi) is 5.05. The predicted molar refractivity (Wildman–Crippen MR) is 110 cm³/mol. The van der Waals surface area contributed by atoms with Crippen LogP contribution in [0.2, 0.25) is 5.02 Å². The first kappa shape index (κ1) is 18.8. The van der Waals surface area contributed by atoms with Gasteiger partial charge in [-0.1, -0.05) is 54.1 Å². The van der Waals surface area contributed by atoms with E-state index in [2.05, 4.69) is 15.4 Å². The number of rotatable bonds is 5. The zero-order valence-electron chi connectivity index (χ0n) is 15.2. The molecule has 0 aliphatic rings. The number of pyridine rings is 1. The van der Waals surface area contributed by atoms with Crippen LogP contribution in [0.25, 0.3) is 11.0 Å². The number of aromatic amines is 1. The average molecular weight is 409 g/mol. The van der Waals surface area contributed by atoms with E-state index >= 15 is 0 Å². The van der Waals surface area contributed by atoms with E-state index in [1.165, 1.54) is 6.20 Å². The third-order valence-corrected chi connectivity index (χ3v) is 4.77. The van der Waals surface area contributed by atoms with E-state index in [4.69, 9.17) is 11.6 Å². The van der Waals surface area contributed by atoms with Crippen LogP contribution in [0.5, 0.6) is 5.75 Å². The van der Waals surface area contributed by atoms with Crippen LogP contribution in [0, 0.1) is 0 Å². The number of amides is 1. The highest BCUT2D eigenvalue weighted by Crippen LogP contribution is 2.25. The number of H-pyrrole nitrogens is 1. The van der Waals surface area contributed by atoms with Gasteiger partial charge in [0, 0.05) is 11.6 Å². The molecule has 8 heteroatoms. The Bertz CT molecular complexity index is 1250. The summed E-state index contributed by atoms with van der Waals surface area (Å²) >= 11 is 5.94. The minimum atomic E-state index is -0.687. The van der Waals surface area contributed by atoms with Crippen molar-refractivity contribution in [2.45, 2.75) is 13.1 Å². The van der Waals surface area contributed by atoms with Crippen LogP contribution in [0.1, 0.15) is 21.5 Å². The average Bonchev–Trinajstić information content (AvgIpc) is 3.10. The molecule has 0 aliphatic carbocycles. The monoisotopic (exact) mass is 408 g/mol. The van der Waals surface area contributed by atoms with Gasteiger partial charge in [0.05, 0.1) is 18.1 Å². The number of carbonyl (C=O) groups is 1. The second-order valence-electron chi connectivity index (χ2n) is 6.54. The topological polar surface area (TPSA) is 100 Å². The molecule has 4 rings (SSSR count). The maximum atomic E-state index is 12.5. The van der Waals surface area contributed by atoms with Gasteiger partial charge in [0.2, 0.25) is 0 Å². The van der Waals surface area contributed by atoms with Crippen molar-refractivity contribution in [3.05, 3.63) is 92.9 Å². The SMILES string of the molecule is O=C(NCc1cccc(Cl)c1)c1c(O)c2cnn(Cc3ccccc3)c2[nH]c1=O. The first-order chi connectivity index (χ1) is 14.0. The van der Waals surface area contributed by atoms with Gasteiger partial charge in [-0.3, -0.25) is 9.59 Å². The number of fused-ring (bicyclic) bond motifs is 1. The van der Waals surface area contributed by atoms with Gasteiger partial charge in [-0.15, -0.1) is 0 Å². The highest BCUT2D eigenvalue weighted by molar-refractivity contribution is 6.30. The molecule has 0 unspecified atom stereocenters. The molecule has 0 atom stereocenters. The summed E-state index contributed by atoms with van der Waals surface area (Å²) < 4.78 is 1.57. The van der Waals surface area contributed by atoms with Crippen molar-refractivity contribution in [3.63, 3.8) is 0 Å². The summed E-state index contributed by atoms with van der Waals surface area (Å²) in [5, 5.41) is 18.3. The Morgan fingerprint density at radius 3 is 2.66 bits per heavy atom. The number of nitrogens with one attached hydrogen (secondary N) is 2. The van der Waals surface area contributed by atoms with E-state index in [0.717, 1.165) is 11.1 Å². The fraction of sp³-hybridized carbons (Fsp3) is 0.0952. The molecule has 29 heavy (non-hydrogen) atoms. The summed E-state index contributed by atoms with van der Waals surface area (Å²) in [5.74, 6) is -1.08. The molecule has 0 aliphatic heterocycles. The Morgan fingerprint density at radius 2 is 1.90 bits per heavy atom. The van der Waals surface area contributed by atoms with Gasteiger partial charge in [0.15, 0.2) is 0 Å². The Hall–Kier alpha value is -3.58. The molecular formula is C21H17ClN4O3. The second-order valence-corrected chi connectivity index (χ2v) is 6.98. The number of halogens is 1. The van der Waals surface area contributed by atoms with Gasteiger partial charge >= 0.3 is 0 Å². The summed E-state index contributed by atoms with van der Waals surface area (Å²) in [7, 11) is 0. The minimum Gasteiger partial charge on any atom is -0.506 e. The van der Waals surface area contributed by atoms with Crippen molar-refractivity contribution in [2.24, 2.45) is 0 Å². The summed E-state index contributed by atoms with van der Waals surface area (Å²) in [4.78, 5) is 27.7. The van der Waals surface area contributed by atoms with Crippen LogP contribution in [-0.2, 0) is 13.1 Å². The molecule has 0 radical (unpaired) electrons. The van der Waals surface area contributed by atoms with Gasteiger partial charge in [-0.2, -0.15) is 5.10 Å². The molecule has 3 N–H and O–H groups in total. The van der Waals surface area contributed by atoms with Gasteiger partial charge in [-0.25, -0.2) is 4.68 Å². The Morgan fingerprint density at radius 1 is 1.14 bits per heavy atom. The number of benzene rings is 2. The van der Waals surface area contributed by atoms with E-state index in [0.29, 0.717) is 22.6 Å². The highest BCUT2D eigenvalue weighted by Gasteiger charge is 2.21. The maximum absolute atomic E-state index is 12.5. The molecule has 0 fully saturated rings. The highest BCUT2D eigenvalue weighted by atomic mass is 35.5. The van der Waals surface area contributed by atoms with Crippen LogP contribution in [0.4, 0.5) is 0 Å². The van der Waals surface area contributed by atoms with Crippen molar-refractivity contribution in [1.82, 2.24) is 20.1 Å². The van der Waals surface area contributed by atoms with Crippen molar-refractivity contribution < 1.29 is 9.90 Å². The van der Waals surface area contributed by atoms with Crippen molar-refractivity contribution in [2.75, 3.05) is 0 Å². The summed E-state index contributed by atoms with van der Waals surface area (Å²) in [5.41, 5.74) is 1.08. The lowest BCUT2D eigenvalue weighted by Crippen LogP contribution is -2.29. The Balaban J connectivity index is 1.62. The number of hydrogen-bond acceptors (Lipinski definition) is 4. The fourth-order valence-corrected chi connectivity index (χ4v) is 3.32. The molecule has 4 aromatic rings. The summed E-state index contributed by atoms with van der Waals surface area (Å²) in [6.07, 6.45) is 1.43. The van der Waals surface area contributed by atoms with Gasteiger partial charge in [0.25, 0.3) is 11.5 Å². The van der Waals surface area contributed by atoms with E-state index in [9.17, 15) is 14.7 Å². The van der Waals surface area contributed by atoms with E-state index < -0.39 is 17.2 Å². The smallest absolute Gasteiger partial charge is 0.266 e. The van der Waals surface area contributed by atoms with Crippen LogP contribution >= 0.6 is 11.6 Å². The molecule has 146 valence electrons. The second kappa shape index (κ2) is 7.81. The maximum Gasteiger partial charge on any atom is 0.266 e. The lowest BCUT2D eigenvalue weighted by atomic mass is 10.1. The van der Waals surface area contributed by atoms with E-state index in [1.54, 1.807) is 28.9 Å². The van der Waals surface area contributed by atoms with E-state index in [1.807, 2.05) is 30.3 Å². The largest absolute Gasteiger partial charge is 0.506 e. The number of aromatic nitrogens is 3. The number of aromatic hydroxyl groups is 1. The molecule has 1 amide bonds. The number of nitrogens with zero attached hydrogens (tertiary/aromatic N) is 2. The normalized spacial score (nSPS) is 10.9. The van der Waals surface area contributed by atoms with Crippen LogP contribution in [0.15, 0.2) is 65.6 Å². The number of hydrogen-bond donors (Lipinski definition) is 3. The van der Waals surface area contributed by atoms with Gasteiger partial charge in [-0.05, 0) is 23.3 Å². The van der Waals surface area contributed by atoms with Gasteiger partial charge < -0.3 is 15.4 Å². The zero-order valence-corrected chi connectivity index (χ0v) is 16.0. The third-order valence-electron chi connectivity index (χ3n) is 4.53. The quantitative estimate of drug-likeness (QED) is 0.472. The lowest BCUT2D eigenvalue weighted by molar-refractivity contribution is 0.0947. The molecule has 2 aromatic carbocycles. The molecular weight excluding hydrogens is 392 g/mol. The molecule has 0 spiro atoms. The zero-order chi connectivity index (χ0) is 20.4. The molecule has 0 saturated carbocycles. The molecule has 2 heterocycles. The third kappa shape index (κ3) is 3.86. The minimum absolute atomic E-state index is 0.170. The van der Waals surface area contributed by atoms with Crippen molar-refractivity contribution >= 4 is 28.5 Å².